The molecular weight excluding hydrogens is 452 g/mol. The molecule has 0 saturated carbocycles. The summed E-state index contributed by atoms with van der Waals surface area (Å²) in [5, 5.41) is 5.71. The summed E-state index contributed by atoms with van der Waals surface area (Å²) in [4.78, 5) is 33.0. The number of nitrogens with one attached hydrogen (secondary N) is 1. The summed E-state index contributed by atoms with van der Waals surface area (Å²) in [5.41, 5.74) is 4.29. The number of anilines is 2. The molecule has 2 amide bonds. The maximum absolute atomic E-state index is 12.6. The Morgan fingerprint density at radius 3 is 2.74 bits per heavy atom. The standard InChI is InChI=1S/C25H26N4O4S/c1-28-21-12-19(6-7-22(21)33-15-24(28)31)26-23(30)13-20-16-34-25(27-20)18-4-2-17(3-5-18)14-29-8-10-32-11-9-29/h2-7,12,16H,8-11,13-15H2,1H3,(H,26,30). The molecule has 1 aromatic heterocycles. The van der Waals surface area contributed by atoms with Gasteiger partial charge in [0.05, 0.1) is 31.0 Å². The van der Waals surface area contributed by atoms with Crippen molar-refractivity contribution in [3.05, 3.63) is 59.1 Å². The van der Waals surface area contributed by atoms with Gasteiger partial charge in [0.2, 0.25) is 5.91 Å². The Labute approximate surface area is 202 Å². The number of carbonyl (C=O) groups excluding carboxylic acids is 2. The number of carbonyl (C=O) groups is 2. The Morgan fingerprint density at radius 1 is 1.15 bits per heavy atom. The van der Waals surface area contributed by atoms with Gasteiger partial charge in [-0.15, -0.1) is 11.3 Å². The smallest absolute Gasteiger partial charge is 0.264 e. The Hall–Kier alpha value is -3.27. The highest BCUT2D eigenvalue weighted by atomic mass is 32.1. The number of likely N-dealkylation sites (N-methyl/N-ethyl adjacent to an activating group) is 1. The van der Waals surface area contributed by atoms with Gasteiger partial charge in [-0.2, -0.15) is 0 Å². The number of amides is 2. The summed E-state index contributed by atoms with van der Waals surface area (Å²) in [5.74, 6) is 0.337. The van der Waals surface area contributed by atoms with Crippen LogP contribution in [-0.4, -0.2) is 61.7 Å². The van der Waals surface area contributed by atoms with Crippen molar-refractivity contribution >= 4 is 34.5 Å². The molecule has 2 aromatic carbocycles. The lowest BCUT2D eigenvalue weighted by Crippen LogP contribution is -2.35. The summed E-state index contributed by atoms with van der Waals surface area (Å²) < 4.78 is 10.8. The van der Waals surface area contributed by atoms with Crippen LogP contribution in [0.4, 0.5) is 11.4 Å². The van der Waals surface area contributed by atoms with Crippen LogP contribution in [0.1, 0.15) is 11.3 Å². The fourth-order valence-electron chi connectivity index (χ4n) is 4.01. The Bertz CT molecular complexity index is 1190. The van der Waals surface area contributed by atoms with Crippen LogP contribution in [0, 0.1) is 0 Å². The molecule has 0 atom stereocenters. The van der Waals surface area contributed by atoms with Crippen LogP contribution in [0.3, 0.4) is 0 Å². The van der Waals surface area contributed by atoms with E-state index in [-0.39, 0.29) is 24.8 Å². The van der Waals surface area contributed by atoms with Crippen LogP contribution in [0.15, 0.2) is 47.8 Å². The number of rotatable bonds is 6. The Balaban J connectivity index is 1.19. The zero-order valence-electron chi connectivity index (χ0n) is 19.0. The number of benzene rings is 2. The second-order valence-corrected chi connectivity index (χ2v) is 9.24. The topological polar surface area (TPSA) is 84.0 Å². The number of morpholine rings is 1. The van der Waals surface area contributed by atoms with Crippen molar-refractivity contribution in [2.24, 2.45) is 0 Å². The molecule has 2 aliphatic rings. The number of fused-ring (bicyclic) bond motifs is 1. The molecule has 2 aliphatic heterocycles. The molecule has 0 spiro atoms. The molecule has 1 N–H and O–H groups in total. The molecule has 1 saturated heterocycles. The van der Waals surface area contributed by atoms with Crippen LogP contribution in [0.2, 0.25) is 0 Å². The lowest BCUT2D eigenvalue weighted by Gasteiger charge is -2.26. The van der Waals surface area contributed by atoms with E-state index in [0.29, 0.717) is 17.1 Å². The summed E-state index contributed by atoms with van der Waals surface area (Å²) in [6.45, 7) is 4.47. The highest BCUT2D eigenvalue weighted by Gasteiger charge is 2.22. The first-order valence-electron chi connectivity index (χ1n) is 11.2. The fourth-order valence-corrected chi connectivity index (χ4v) is 4.84. The van der Waals surface area contributed by atoms with Gasteiger partial charge in [0.25, 0.3) is 5.91 Å². The van der Waals surface area contributed by atoms with Crippen molar-refractivity contribution in [3.63, 3.8) is 0 Å². The number of hydrogen-bond acceptors (Lipinski definition) is 7. The van der Waals surface area contributed by atoms with Gasteiger partial charge in [0.1, 0.15) is 10.8 Å². The van der Waals surface area contributed by atoms with E-state index in [9.17, 15) is 9.59 Å². The van der Waals surface area contributed by atoms with Crippen molar-refractivity contribution in [2.45, 2.75) is 13.0 Å². The minimum absolute atomic E-state index is 0.0258. The molecule has 0 unspecified atom stereocenters. The molecule has 176 valence electrons. The third-order valence-electron chi connectivity index (χ3n) is 5.93. The zero-order chi connectivity index (χ0) is 23.5. The average molecular weight is 479 g/mol. The van der Waals surface area contributed by atoms with Gasteiger partial charge in [0, 0.05) is 43.3 Å². The molecule has 0 aliphatic carbocycles. The normalized spacial score (nSPS) is 16.1. The molecule has 1 fully saturated rings. The third-order valence-corrected chi connectivity index (χ3v) is 6.87. The number of aromatic nitrogens is 1. The molecule has 5 rings (SSSR count). The molecule has 0 radical (unpaired) electrons. The quantitative estimate of drug-likeness (QED) is 0.586. The van der Waals surface area contributed by atoms with Gasteiger partial charge in [-0.25, -0.2) is 4.98 Å². The highest BCUT2D eigenvalue weighted by molar-refractivity contribution is 7.13. The van der Waals surface area contributed by atoms with E-state index in [0.717, 1.165) is 49.1 Å². The first-order chi connectivity index (χ1) is 16.5. The van der Waals surface area contributed by atoms with Crippen LogP contribution in [0.25, 0.3) is 10.6 Å². The third kappa shape index (κ3) is 5.11. The van der Waals surface area contributed by atoms with Gasteiger partial charge in [-0.3, -0.25) is 14.5 Å². The van der Waals surface area contributed by atoms with Gasteiger partial charge in [-0.1, -0.05) is 24.3 Å². The van der Waals surface area contributed by atoms with Crippen molar-refractivity contribution in [3.8, 4) is 16.3 Å². The van der Waals surface area contributed by atoms with Gasteiger partial charge in [-0.05, 0) is 23.8 Å². The van der Waals surface area contributed by atoms with Gasteiger partial charge < -0.3 is 19.7 Å². The van der Waals surface area contributed by atoms with Crippen molar-refractivity contribution in [1.29, 1.82) is 0 Å². The fraction of sp³-hybridized carbons (Fsp3) is 0.320. The van der Waals surface area contributed by atoms with E-state index < -0.39 is 0 Å². The van der Waals surface area contributed by atoms with E-state index in [1.165, 1.54) is 21.8 Å². The number of thiazole rings is 1. The second kappa shape index (κ2) is 9.92. The summed E-state index contributed by atoms with van der Waals surface area (Å²) in [6.07, 6.45) is 0.175. The molecule has 0 bridgehead atoms. The first kappa shape index (κ1) is 22.5. The van der Waals surface area contributed by atoms with Crippen molar-refractivity contribution in [2.75, 3.05) is 50.2 Å². The predicted molar refractivity (Wildman–Crippen MR) is 131 cm³/mol. The molecule has 8 nitrogen and oxygen atoms in total. The van der Waals surface area contributed by atoms with Crippen molar-refractivity contribution < 1.29 is 19.1 Å². The monoisotopic (exact) mass is 478 g/mol. The number of ether oxygens (including phenoxy) is 2. The lowest BCUT2D eigenvalue weighted by molar-refractivity contribution is -0.121. The Kier molecular flexibility index (Phi) is 6.57. The maximum atomic E-state index is 12.6. The largest absolute Gasteiger partial charge is 0.482 e. The summed E-state index contributed by atoms with van der Waals surface area (Å²) in [6, 6.07) is 13.7. The summed E-state index contributed by atoms with van der Waals surface area (Å²) >= 11 is 1.53. The van der Waals surface area contributed by atoms with Gasteiger partial charge >= 0.3 is 0 Å². The molecule has 3 heterocycles. The number of hydrogen-bond donors (Lipinski definition) is 1. The average Bonchev–Trinajstić information content (AvgIpc) is 3.31. The number of nitrogens with zero attached hydrogens (tertiary/aromatic N) is 3. The maximum Gasteiger partial charge on any atom is 0.264 e. The molecular formula is C25H26N4O4S. The van der Waals surface area contributed by atoms with Crippen LogP contribution in [-0.2, 0) is 27.3 Å². The van der Waals surface area contributed by atoms with Crippen LogP contribution in [0.5, 0.6) is 5.75 Å². The highest BCUT2D eigenvalue weighted by Crippen LogP contribution is 2.33. The minimum atomic E-state index is -0.164. The van der Waals surface area contributed by atoms with E-state index >= 15 is 0 Å². The Morgan fingerprint density at radius 2 is 1.94 bits per heavy atom. The summed E-state index contributed by atoms with van der Waals surface area (Å²) in [7, 11) is 1.70. The van der Waals surface area contributed by atoms with E-state index in [1.54, 1.807) is 25.2 Å². The molecule has 3 aromatic rings. The second-order valence-electron chi connectivity index (χ2n) is 8.38. The molecule has 34 heavy (non-hydrogen) atoms. The van der Waals surface area contributed by atoms with Crippen LogP contribution >= 0.6 is 11.3 Å². The SMILES string of the molecule is CN1C(=O)COc2ccc(NC(=O)Cc3csc(-c4ccc(CN5CCOCC5)cc4)n3)cc21. The first-order valence-corrected chi connectivity index (χ1v) is 12.1. The minimum Gasteiger partial charge on any atom is -0.482 e. The lowest BCUT2D eigenvalue weighted by atomic mass is 10.1. The van der Waals surface area contributed by atoms with Crippen molar-refractivity contribution in [1.82, 2.24) is 9.88 Å². The molecule has 9 heteroatoms. The van der Waals surface area contributed by atoms with Gasteiger partial charge in [0.15, 0.2) is 6.61 Å². The van der Waals surface area contributed by atoms with E-state index in [4.69, 9.17) is 9.47 Å². The van der Waals surface area contributed by atoms with E-state index in [1.807, 2.05) is 5.38 Å². The van der Waals surface area contributed by atoms with Crippen LogP contribution < -0.4 is 15.0 Å². The predicted octanol–water partition coefficient (Wildman–Crippen LogP) is 3.18. The zero-order valence-corrected chi connectivity index (χ0v) is 19.8. The van der Waals surface area contributed by atoms with E-state index in [2.05, 4.69) is 39.5 Å².